The number of nitrogens with one attached hydrogen (secondary N) is 1. The van der Waals surface area contributed by atoms with Crippen LogP contribution in [0, 0.1) is 11.3 Å². The highest BCUT2D eigenvalue weighted by Gasteiger charge is 2.11. The predicted molar refractivity (Wildman–Crippen MR) is 58.6 cm³/mol. The average Bonchev–Trinajstić information content (AvgIpc) is 2.12. The van der Waals surface area contributed by atoms with Gasteiger partial charge in [0.25, 0.3) is 0 Å². The summed E-state index contributed by atoms with van der Waals surface area (Å²) in [5.74, 6) is 0.484. The Morgan fingerprint density at radius 2 is 2.36 bits per heavy atom. The number of allylic oxidation sites excluding steroid dienone is 2. The van der Waals surface area contributed by atoms with Gasteiger partial charge in [0.1, 0.15) is 0 Å². The van der Waals surface area contributed by atoms with Gasteiger partial charge in [-0.2, -0.15) is 0 Å². The predicted octanol–water partition coefficient (Wildman–Crippen LogP) is 1.50. The van der Waals surface area contributed by atoms with Crippen LogP contribution in [0.15, 0.2) is 23.8 Å². The van der Waals surface area contributed by atoms with Crippen LogP contribution >= 0.6 is 0 Å². The highest BCUT2D eigenvalue weighted by Crippen LogP contribution is 2.16. The summed E-state index contributed by atoms with van der Waals surface area (Å²) >= 11 is 0. The van der Waals surface area contributed by atoms with Gasteiger partial charge in [-0.25, -0.2) is 0 Å². The van der Waals surface area contributed by atoms with Gasteiger partial charge in [0.05, 0.1) is 11.8 Å². The highest BCUT2D eigenvalue weighted by atomic mass is 16.5. The molecule has 2 atom stereocenters. The van der Waals surface area contributed by atoms with Crippen LogP contribution < -0.4 is 5.73 Å². The van der Waals surface area contributed by atoms with Crippen LogP contribution in [0.25, 0.3) is 0 Å². The molecule has 0 aromatic carbocycles. The first-order valence-electron chi connectivity index (χ1n) is 4.85. The lowest BCUT2D eigenvalue weighted by atomic mass is 9.95. The molecule has 1 unspecified atom stereocenters. The molecular weight excluding hydrogens is 176 g/mol. The molecule has 3 nitrogen and oxygen atoms in total. The van der Waals surface area contributed by atoms with Crippen LogP contribution in [0.4, 0.5) is 0 Å². The van der Waals surface area contributed by atoms with Crippen molar-refractivity contribution in [1.82, 2.24) is 0 Å². The van der Waals surface area contributed by atoms with E-state index in [0.29, 0.717) is 11.6 Å². The molecule has 0 fully saturated rings. The minimum absolute atomic E-state index is 0.225. The van der Waals surface area contributed by atoms with E-state index in [4.69, 9.17) is 15.9 Å². The molecule has 1 rings (SSSR count). The minimum atomic E-state index is -0.225. The van der Waals surface area contributed by atoms with Gasteiger partial charge < -0.3 is 15.9 Å². The van der Waals surface area contributed by atoms with E-state index in [1.807, 2.05) is 18.2 Å². The van der Waals surface area contributed by atoms with E-state index in [1.54, 1.807) is 7.11 Å². The number of hydrogen-bond acceptors (Lipinski definition) is 3. The van der Waals surface area contributed by atoms with E-state index in [1.165, 1.54) is 5.57 Å². The molecule has 1 aliphatic rings. The zero-order valence-electron chi connectivity index (χ0n) is 8.79. The molecule has 0 saturated carbocycles. The summed E-state index contributed by atoms with van der Waals surface area (Å²) in [6, 6.07) is -0.225. The van der Waals surface area contributed by atoms with Gasteiger partial charge in [0.15, 0.2) is 0 Å². The van der Waals surface area contributed by atoms with Crippen LogP contribution in [0.5, 0.6) is 0 Å². The molecule has 3 heteroatoms. The summed E-state index contributed by atoms with van der Waals surface area (Å²) in [7, 11) is 1.71. The second-order valence-corrected chi connectivity index (χ2v) is 3.82. The lowest BCUT2D eigenvalue weighted by Crippen LogP contribution is -2.28. The number of ether oxygens (including phenoxy) is 1. The fraction of sp³-hybridized carbons (Fsp3) is 0.545. The van der Waals surface area contributed by atoms with Crippen molar-refractivity contribution >= 4 is 5.71 Å². The molecule has 14 heavy (non-hydrogen) atoms. The van der Waals surface area contributed by atoms with Crippen LogP contribution in [0.3, 0.4) is 0 Å². The monoisotopic (exact) mass is 194 g/mol. The standard InChI is InChI=1S/C11H18N2O/c1-8(7-14-2)5-9-3-4-10(12)11(13)6-9/h3-4,6,8,10,13H,5,7,12H2,1-2H3/t8-,10?/m1/s1. The van der Waals surface area contributed by atoms with Gasteiger partial charge in [-0.3, -0.25) is 0 Å². The number of hydrogen-bond donors (Lipinski definition) is 2. The number of methoxy groups -OCH3 is 1. The lowest BCUT2D eigenvalue weighted by molar-refractivity contribution is 0.160. The quantitative estimate of drug-likeness (QED) is 0.712. The summed E-state index contributed by atoms with van der Waals surface area (Å²) in [5.41, 5.74) is 7.31. The second kappa shape index (κ2) is 5.08. The molecular formula is C11H18N2O. The summed E-state index contributed by atoms with van der Waals surface area (Å²) in [5, 5.41) is 7.59. The summed E-state index contributed by atoms with van der Waals surface area (Å²) in [4.78, 5) is 0. The second-order valence-electron chi connectivity index (χ2n) is 3.82. The van der Waals surface area contributed by atoms with Crippen LogP contribution in [-0.4, -0.2) is 25.5 Å². The fourth-order valence-corrected chi connectivity index (χ4v) is 1.55. The highest BCUT2D eigenvalue weighted by molar-refractivity contribution is 6.00. The molecule has 1 aliphatic carbocycles. The normalized spacial score (nSPS) is 23.5. The number of rotatable bonds is 4. The Balaban J connectivity index is 2.50. The summed E-state index contributed by atoms with van der Waals surface area (Å²) < 4.78 is 5.06. The molecule has 0 aromatic rings. The summed E-state index contributed by atoms with van der Waals surface area (Å²) in [6.07, 6.45) is 6.68. The molecule has 0 aliphatic heterocycles. The van der Waals surface area contributed by atoms with E-state index in [2.05, 4.69) is 6.92 Å². The van der Waals surface area contributed by atoms with E-state index >= 15 is 0 Å². The Morgan fingerprint density at radius 1 is 1.64 bits per heavy atom. The zero-order chi connectivity index (χ0) is 10.6. The summed E-state index contributed by atoms with van der Waals surface area (Å²) in [6.45, 7) is 2.89. The molecule has 0 aromatic heterocycles. The molecule has 0 amide bonds. The van der Waals surface area contributed by atoms with Crippen molar-refractivity contribution in [3.63, 3.8) is 0 Å². The van der Waals surface area contributed by atoms with Gasteiger partial charge in [0, 0.05) is 13.7 Å². The molecule has 0 spiro atoms. The fourth-order valence-electron chi connectivity index (χ4n) is 1.55. The third-order valence-corrected chi connectivity index (χ3v) is 2.25. The van der Waals surface area contributed by atoms with E-state index in [-0.39, 0.29) is 6.04 Å². The van der Waals surface area contributed by atoms with Gasteiger partial charge in [-0.15, -0.1) is 0 Å². The Hall–Kier alpha value is -0.930. The molecule has 0 radical (unpaired) electrons. The smallest absolute Gasteiger partial charge is 0.0652 e. The maximum Gasteiger partial charge on any atom is 0.0652 e. The third kappa shape index (κ3) is 3.09. The molecule has 0 bridgehead atoms. The Labute approximate surface area is 85.1 Å². The van der Waals surface area contributed by atoms with E-state index < -0.39 is 0 Å². The van der Waals surface area contributed by atoms with Crippen molar-refractivity contribution in [2.45, 2.75) is 19.4 Å². The van der Waals surface area contributed by atoms with Crippen molar-refractivity contribution in [3.8, 4) is 0 Å². The molecule has 0 heterocycles. The SMILES string of the molecule is COC[C@H](C)CC1=CC(=N)C(N)C=C1. The van der Waals surface area contributed by atoms with E-state index in [9.17, 15) is 0 Å². The third-order valence-electron chi connectivity index (χ3n) is 2.25. The first-order valence-corrected chi connectivity index (χ1v) is 4.85. The average molecular weight is 194 g/mol. The van der Waals surface area contributed by atoms with Crippen molar-refractivity contribution in [2.75, 3.05) is 13.7 Å². The Kier molecular flexibility index (Phi) is 4.04. The van der Waals surface area contributed by atoms with Crippen LogP contribution in [0.2, 0.25) is 0 Å². The van der Waals surface area contributed by atoms with Crippen molar-refractivity contribution in [2.24, 2.45) is 11.7 Å². The topological polar surface area (TPSA) is 59.1 Å². The van der Waals surface area contributed by atoms with Crippen molar-refractivity contribution < 1.29 is 4.74 Å². The molecule has 78 valence electrons. The van der Waals surface area contributed by atoms with Gasteiger partial charge in [0.2, 0.25) is 0 Å². The zero-order valence-corrected chi connectivity index (χ0v) is 8.79. The van der Waals surface area contributed by atoms with Gasteiger partial charge in [-0.1, -0.05) is 19.1 Å². The maximum atomic E-state index is 7.59. The lowest BCUT2D eigenvalue weighted by Gasteiger charge is -2.16. The van der Waals surface area contributed by atoms with Gasteiger partial charge >= 0.3 is 0 Å². The Morgan fingerprint density at radius 3 is 2.93 bits per heavy atom. The van der Waals surface area contributed by atoms with Crippen LogP contribution in [-0.2, 0) is 4.74 Å². The van der Waals surface area contributed by atoms with Gasteiger partial charge in [-0.05, 0) is 24.0 Å². The van der Waals surface area contributed by atoms with Crippen LogP contribution in [0.1, 0.15) is 13.3 Å². The largest absolute Gasteiger partial charge is 0.384 e. The maximum absolute atomic E-state index is 7.59. The molecule has 3 N–H and O–H groups in total. The Bertz CT molecular complexity index is 268. The number of nitrogens with two attached hydrogens (primary N) is 1. The minimum Gasteiger partial charge on any atom is -0.384 e. The molecule has 0 saturated heterocycles. The van der Waals surface area contributed by atoms with Crippen molar-refractivity contribution in [1.29, 1.82) is 5.41 Å². The van der Waals surface area contributed by atoms with E-state index in [0.717, 1.165) is 13.0 Å². The van der Waals surface area contributed by atoms with Crippen molar-refractivity contribution in [3.05, 3.63) is 23.8 Å². The first kappa shape index (κ1) is 11.1. The first-order chi connectivity index (χ1) is 6.63.